The predicted molar refractivity (Wildman–Crippen MR) is 127 cm³/mol. The van der Waals surface area contributed by atoms with Crippen molar-refractivity contribution >= 4 is 45.8 Å². The van der Waals surface area contributed by atoms with Crippen molar-refractivity contribution < 1.29 is 14.3 Å². The first-order valence-corrected chi connectivity index (χ1v) is 11.9. The maximum atomic E-state index is 12.3. The van der Waals surface area contributed by atoms with Crippen LogP contribution in [-0.4, -0.2) is 18.1 Å². The summed E-state index contributed by atoms with van der Waals surface area (Å²) in [6.45, 7) is 0.407. The summed E-state index contributed by atoms with van der Waals surface area (Å²) in [6.07, 6.45) is 4.30. The maximum Gasteiger partial charge on any atom is 0.407 e. The Morgan fingerprint density at radius 2 is 2.09 bits per heavy atom. The van der Waals surface area contributed by atoms with E-state index in [1.54, 1.807) is 17.4 Å². The van der Waals surface area contributed by atoms with Crippen molar-refractivity contribution in [2.24, 2.45) is 0 Å². The van der Waals surface area contributed by atoms with E-state index in [4.69, 9.17) is 4.74 Å². The van der Waals surface area contributed by atoms with Crippen molar-refractivity contribution in [3.8, 4) is 6.07 Å². The van der Waals surface area contributed by atoms with E-state index in [-0.39, 0.29) is 12.0 Å². The normalized spacial score (nSPS) is 15.0. The largest absolute Gasteiger partial charge is 0.446 e. The molecule has 32 heavy (non-hydrogen) atoms. The maximum absolute atomic E-state index is 12.3. The minimum absolute atomic E-state index is 0.259. The third-order valence-electron chi connectivity index (χ3n) is 5.09. The number of hydrogen-bond donors (Lipinski definition) is 2. The monoisotopic (exact) mass is 463 g/mol. The van der Waals surface area contributed by atoms with E-state index < -0.39 is 6.09 Å². The highest BCUT2D eigenvalue weighted by atomic mass is 32.1. The molecule has 0 spiro atoms. The van der Waals surface area contributed by atoms with E-state index >= 15 is 0 Å². The molecule has 0 aliphatic heterocycles. The van der Waals surface area contributed by atoms with Gasteiger partial charge in [-0.1, -0.05) is 30.3 Å². The highest BCUT2D eigenvalue weighted by Gasteiger charge is 2.28. The summed E-state index contributed by atoms with van der Waals surface area (Å²) in [5.74, 6) is -0.278. The second-order valence-corrected chi connectivity index (χ2v) is 9.19. The van der Waals surface area contributed by atoms with Crippen molar-refractivity contribution in [1.29, 1.82) is 5.26 Å². The standard InChI is InChI=1S/C24H21N3O3S2/c25-13-20-19-8-7-18(30-24(29)26-14-16-4-2-1-3-5-16)12-21(19)32-23(20)27-22(28)9-6-17-10-11-31-15-17/h1-6,9-11,15,18H,7-8,12,14H2,(H,26,29)(H,27,28)/b9-6+. The number of benzene rings is 1. The van der Waals surface area contributed by atoms with Gasteiger partial charge in [0, 0.05) is 23.9 Å². The van der Waals surface area contributed by atoms with Crippen LogP contribution in [0.4, 0.5) is 9.80 Å². The Labute approximate surface area is 194 Å². The van der Waals surface area contributed by atoms with Gasteiger partial charge in [-0.3, -0.25) is 4.79 Å². The van der Waals surface area contributed by atoms with Gasteiger partial charge in [0.2, 0.25) is 5.91 Å². The zero-order valence-corrected chi connectivity index (χ0v) is 18.8. The van der Waals surface area contributed by atoms with Crippen molar-refractivity contribution in [2.75, 3.05) is 5.32 Å². The van der Waals surface area contributed by atoms with Gasteiger partial charge in [-0.05, 0) is 52.4 Å². The Morgan fingerprint density at radius 1 is 1.25 bits per heavy atom. The molecule has 4 rings (SSSR count). The van der Waals surface area contributed by atoms with Crippen molar-refractivity contribution in [2.45, 2.75) is 31.9 Å². The van der Waals surface area contributed by atoms with Gasteiger partial charge in [-0.25, -0.2) is 4.79 Å². The number of nitriles is 1. The average Bonchev–Trinajstić information content (AvgIpc) is 3.44. The Hall–Kier alpha value is -3.41. The third-order valence-corrected chi connectivity index (χ3v) is 6.96. The lowest BCUT2D eigenvalue weighted by Crippen LogP contribution is -2.31. The lowest BCUT2D eigenvalue weighted by atomic mass is 9.94. The van der Waals surface area contributed by atoms with Gasteiger partial charge in [0.15, 0.2) is 0 Å². The molecule has 2 amide bonds. The van der Waals surface area contributed by atoms with Crippen LogP contribution in [-0.2, 0) is 28.9 Å². The molecular formula is C24H21N3O3S2. The van der Waals surface area contributed by atoms with Crippen LogP contribution in [0.1, 0.15) is 33.6 Å². The van der Waals surface area contributed by atoms with Gasteiger partial charge < -0.3 is 15.4 Å². The first kappa shape index (κ1) is 21.8. The van der Waals surface area contributed by atoms with Crippen LogP contribution in [0.5, 0.6) is 0 Å². The zero-order valence-electron chi connectivity index (χ0n) is 17.2. The summed E-state index contributed by atoms with van der Waals surface area (Å²) in [6, 6.07) is 13.8. The minimum atomic E-state index is -0.452. The molecule has 1 aliphatic carbocycles. The number of amides is 2. The second-order valence-electron chi connectivity index (χ2n) is 7.31. The Bertz CT molecular complexity index is 1160. The number of anilines is 1. The lowest BCUT2D eigenvalue weighted by Gasteiger charge is -2.22. The third kappa shape index (κ3) is 5.44. The van der Waals surface area contributed by atoms with Gasteiger partial charge in [0.05, 0.1) is 5.56 Å². The smallest absolute Gasteiger partial charge is 0.407 e. The molecule has 1 unspecified atom stereocenters. The summed E-state index contributed by atoms with van der Waals surface area (Å²) < 4.78 is 5.59. The fourth-order valence-corrected chi connectivity index (χ4v) is 5.42. The van der Waals surface area contributed by atoms with Crippen LogP contribution in [0.3, 0.4) is 0 Å². The zero-order chi connectivity index (χ0) is 22.3. The minimum Gasteiger partial charge on any atom is -0.446 e. The molecule has 2 N–H and O–H groups in total. The fourth-order valence-electron chi connectivity index (χ4n) is 3.52. The fraction of sp³-hybridized carbons (Fsp3) is 0.208. The Morgan fingerprint density at radius 3 is 2.84 bits per heavy atom. The summed E-state index contributed by atoms with van der Waals surface area (Å²) in [5.41, 5.74) is 3.41. The SMILES string of the molecule is N#Cc1c(NC(=O)/C=C/c2ccsc2)sc2c1CCC(OC(=O)NCc1ccccc1)C2. The molecule has 6 nitrogen and oxygen atoms in total. The number of carbonyl (C=O) groups excluding carboxylic acids is 2. The number of hydrogen-bond acceptors (Lipinski definition) is 6. The number of thiophene rings is 2. The highest BCUT2D eigenvalue weighted by Crippen LogP contribution is 2.38. The van der Waals surface area contributed by atoms with Crippen LogP contribution < -0.4 is 10.6 Å². The van der Waals surface area contributed by atoms with Crippen LogP contribution in [0.15, 0.2) is 53.2 Å². The number of alkyl carbamates (subject to hydrolysis) is 1. The highest BCUT2D eigenvalue weighted by molar-refractivity contribution is 7.16. The molecule has 8 heteroatoms. The van der Waals surface area contributed by atoms with E-state index in [1.807, 2.05) is 47.2 Å². The predicted octanol–water partition coefficient (Wildman–Crippen LogP) is 5.12. The van der Waals surface area contributed by atoms with Crippen molar-refractivity contribution in [3.63, 3.8) is 0 Å². The van der Waals surface area contributed by atoms with Crippen LogP contribution in [0, 0.1) is 11.3 Å². The van der Waals surface area contributed by atoms with Crippen LogP contribution in [0.25, 0.3) is 6.08 Å². The molecule has 162 valence electrons. The molecular weight excluding hydrogens is 442 g/mol. The topological polar surface area (TPSA) is 91.2 Å². The lowest BCUT2D eigenvalue weighted by molar-refractivity contribution is -0.111. The van der Waals surface area contributed by atoms with Gasteiger partial charge in [0.25, 0.3) is 0 Å². The van der Waals surface area contributed by atoms with Crippen molar-refractivity contribution in [3.05, 3.63) is 80.4 Å². The first-order valence-electron chi connectivity index (χ1n) is 10.2. The van der Waals surface area contributed by atoms with Crippen LogP contribution >= 0.6 is 22.7 Å². The van der Waals surface area contributed by atoms with Crippen LogP contribution in [0.2, 0.25) is 0 Å². The summed E-state index contributed by atoms with van der Waals surface area (Å²) >= 11 is 2.94. The molecule has 0 saturated heterocycles. The molecule has 2 aromatic heterocycles. The van der Waals surface area contributed by atoms with E-state index in [0.717, 1.165) is 21.6 Å². The molecule has 0 bridgehead atoms. The van der Waals surface area contributed by atoms with Gasteiger partial charge in [-0.2, -0.15) is 16.6 Å². The van der Waals surface area contributed by atoms with Gasteiger partial charge in [-0.15, -0.1) is 11.3 Å². The van der Waals surface area contributed by atoms with E-state index in [2.05, 4.69) is 16.7 Å². The Balaban J connectivity index is 1.36. The molecule has 1 atom stereocenters. The number of nitrogens with zero attached hydrogens (tertiary/aromatic N) is 1. The van der Waals surface area contributed by atoms with E-state index in [0.29, 0.717) is 36.4 Å². The first-order chi connectivity index (χ1) is 15.6. The summed E-state index contributed by atoms with van der Waals surface area (Å²) in [7, 11) is 0. The Kier molecular flexibility index (Phi) is 7.00. The van der Waals surface area contributed by atoms with E-state index in [1.165, 1.54) is 17.4 Å². The van der Waals surface area contributed by atoms with Crippen molar-refractivity contribution in [1.82, 2.24) is 5.32 Å². The number of carbonyl (C=O) groups is 2. The van der Waals surface area contributed by atoms with E-state index in [9.17, 15) is 14.9 Å². The molecule has 3 aromatic rings. The molecule has 0 radical (unpaired) electrons. The van der Waals surface area contributed by atoms with Gasteiger partial charge >= 0.3 is 6.09 Å². The molecule has 0 saturated carbocycles. The molecule has 1 aromatic carbocycles. The molecule has 1 aliphatic rings. The second kappa shape index (κ2) is 10.3. The summed E-state index contributed by atoms with van der Waals surface area (Å²) in [5, 5.41) is 19.7. The molecule has 2 heterocycles. The molecule has 0 fully saturated rings. The summed E-state index contributed by atoms with van der Waals surface area (Å²) in [4.78, 5) is 25.5. The quantitative estimate of drug-likeness (QED) is 0.497. The number of fused-ring (bicyclic) bond motifs is 1. The number of rotatable bonds is 6. The average molecular weight is 464 g/mol. The number of ether oxygens (including phenoxy) is 1. The number of nitrogens with one attached hydrogen (secondary N) is 2. The van der Waals surface area contributed by atoms with Gasteiger partial charge in [0.1, 0.15) is 17.2 Å².